The number of carbonyl (C=O) groups is 3. The van der Waals surface area contributed by atoms with Crippen LogP contribution in [0.25, 0.3) is 0 Å². The van der Waals surface area contributed by atoms with Crippen LogP contribution >= 0.6 is 0 Å². The molecule has 2 atom stereocenters. The summed E-state index contributed by atoms with van der Waals surface area (Å²) in [7, 11) is 0. The number of halogens is 1. The van der Waals surface area contributed by atoms with Crippen molar-refractivity contribution in [2.75, 3.05) is 18.4 Å². The predicted octanol–water partition coefficient (Wildman–Crippen LogP) is 2.68. The number of nitrogens with zero attached hydrogens (tertiary/aromatic N) is 1. The first kappa shape index (κ1) is 19.9. The SMILES string of the molecule is CCC(C)C(=O)N1CCCC(C(=O)Nc2ccc(CC(=O)O)c(F)c2)C1. The lowest BCUT2D eigenvalue weighted by Gasteiger charge is -2.33. The summed E-state index contributed by atoms with van der Waals surface area (Å²) < 4.78 is 13.9. The Morgan fingerprint density at radius 1 is 1.38 bits per heavy atom. The molecule has 142 valence electrons. The fourth-order valence-electron chi connectivity index (χ4n) is 3.05. The van der Waals surface area contributed by atoms with E-state index in [0.717, 1.165) is 18.9 Å². The highest BCUT2D eigenvalue weighted by Crippen LogP contribution is 2.22. The molecule has 2 rings (SSSR count). The maximum atomic E-state index is 13.9. The molecule has 0 aliphatic carbocycles. The van der Waals surface area contributed by atoms with Crippen molar-refractivity contribution < 1.29 is 23.9 Å². The van der Waals surface area contributed by atoms with Gasteiger partial charge in [0.15, 0.2) is 0 Å². The maximum Gasteiger partial charge on any atom is 0.307 e. The summed E-state index contributed by atoms with van der Waals surface area (Å²) in [5.74, 6) is -2.37. The van der Waals surface area contributed by atoms with Crippen molar-refractivity contribution in [2.45, 2.75) is 39.5 Å². The molecule has 1 heterocycles. The molecular weight excluding hydrogens is 339 g/mol. The van der Waals surface area contributed by atoms with E-state index in [-0.39, 0.29) is 34.9 Å². The van der Waals surface area contributed by atoms with E-state index in [9.17, 15) is 18.8 Å². The summed E-state index contributed by atoms with van der Waals surface area (Å²) in [4.78, 5) is 37.2. The molecule has 0 bridgehead atoms. The van der Waals surface area contributed by atoms with Crippen LogP contribution in [0.2, 0.25) is 0 Å². The second-order valence-electron chi connectivity index (χ2n) is 6.80. The van der Waals surface area contributed by atoms with Gasteiger partial charge < -0.3 is 15.3 Å². The van der Waals surface area contributed by atoms with Crippen LogP contribution in [0.3, 0.4) is 0 Å². The zero-order valence-electron chi connectivity index (χ0n) is 15.1. The lowest BCUT2D eigenvalue weighted by molar-refractivity contribution is -0.138. The van der Waals surface area contributed by atoms with E-state index in [0.29, 0.717) is 19.5 Å². The van der Waals surface area contributed by atoms with E-state index in [1.165, 1.54) is 12.1 Å². The number of aliphatic carboxylic acids is 1. The van der Waals surface area contributed by atoms with Crippen molar-refractivity contribution in [1.29, 1.82) is 0 Å². The maximum absolute atomic E-state index is 13.9. The van der Waals surface area contributed by atoms with Gasteiger partial charge in [0.1, 0.15) is 5.82 Å². The lowest BCUT2D eigenvalue weighted by Crippen LogP contribution is -2.45. The third kappa shape index (κ3) is 5.03. The van der Waals surface area contributed by atoms with Crippen molar-refractivity contribution in [3.63, 3.8) is 0 Å². The van der Waals surface area contributed by atoms with E-state index < -0.39 is 18.2 Å². The zero-order valence-corrected chi connectivity index (χ0v) is 15.1. The van der Waals surface area contributed by atoms with E-state index >= 15 is 0 Å². The summed E-state index contributed by atoms with van der Waals surface area (Å²) in [6.07, 6.45) is 1.78. The van der Waals surface area contributed by atoms with E-state index in [4.69, 9.17) is 5.11 Å². The number of nitrogens with one attached hydrogen (secondary N) is 1. The summed E-state index contributed by atoms with van der Waals surface area (Å²) >= 11 is 0. The quantitative estimate of drug-likeness (QED) is 0.812. The number of hydrogen-bond donors (Lipinski definition) is 2. The molecule has 26 heavy (non-hydrogen) atoms. The van der Waals surface area contributed by atoms with Crippen molar-refractivity contribution in [3.8, 4) is 0 Å². The van der Waals surface area contributed by atoms with Gasteiger partial charge in [-0.15, -0.1) is 0 Å². The Kier molecular flexibility index (Phi) is 6.71. The molecule has 0 radical (unpaired) electrons. The third-order valence-corrected chi connectivity index (χ3v) is 4.80. The summed E-state index contributed by atoms with van der Waals surface area (Å²) in [5.41, 5.74) is 0.352. The fraction of sp³-hybridized carbons (Fsp3) is 0.526. The van der Waals surface area contributed by atoms with Crippen molar-refractivity contribution >= 4 is 23.5 Å². The summed E-state index contributed by atoms with van der Waals surface area (Å²) in [6, 6.07) is 3.98. The van der Waals surface area contributed by atoms with Crippen LogP contribution in [0.4, 0.5) is 10.1 Å². The second-order valence-corrected chi connectivity index (χ2v) is 6.80. The molecule has 0 saturated carbocycles. The van der Waals surface area contributed by atoms with E-state index in [1.807, 2.05) is 13.8 Å². The number of benzene rings is 1. The molecule has 1 aliphatic heterocycles. The van der Waals surface area contributed by atoms with Crippen LogP contribution in [0, 0.1) is 17.7 Å². The number of carboxylic acid groups (broad SMARTS) is 1. The van der Waals surface area contributed by atoms with Gasteiger partial charge in [-0.3, -0.25) is 14.4 Å². The first-order valence-electron chi connectivity index (χ1n) is 8.91. The smallest absolute Gasteiger partial charge is 0.307 e. The topological polar surface area (TPSA) is 86.7 Å². The Bertz CT molecular complexity index is 692. The van der Waals surface area contributed by atoms with Crippen molar-refractivity contribution in [3.05, 3.63) is 29.6 Å². The molecule has 1 saturated heterocycles. The minimum Gasteiger partial charge on any atom is -0.481 e. The highest BCUT2D eigenvalue weighted by Gasteiger charge is 2.30. The monoisotopic (exact) mass is 364 g/mol. The molecular formula is C19H25FN2O4. The number of piperidine rings is 1. The average Bonchev–Trinajstić information content (AvgIpc) is 2.62. The number of amides is 2. The Balaban J connectivity index is 1.99. The predicted molar refractivity (Wildman–Crippen MR) is 95.1 cm³/mol. The Morgan fingerprint density at radius 3 is 2.73 bits per heavy atom. The van der Waals surface area contributed by atoms with Crippen LogP contribution in [-0.2, 0) is 20.8 Å². The number of carbonyl (C=O) groups excluding carboxylic acids is 2. The van der Waals surface area contributed by atoms with Gasteiger partial charge in [-0.1, -0.05) is 19.9 Å². The molecule has 7 heteroatoms. The highest BCUT2D eigenvalue weighted by molar-refractivity contribution is 5.93. The first-order chi connectivity index (χ1) is 12.3. The van der Waals surface area contributed by atoms with Gasteiger partial charge in [0.2, 0.25) is 11.8 Å². The summed E-state index contributed by atoms with van der Waals surface area (Å²) in [6.45, 7) is 4.87. The van der Waals surface area contributed by atoms with Crippen LogP contribution in [-0.4, -0.2) is 40.9 Å². The van der Waals surface area contributed by atoms with Gasteiger partial charge in [0.25, 0.3) is 0 Å². The van der Waals surface area contributed by atoms with Crippen molar-refractivity contribution in [1.82, 2.24) is 4.90 Å². The minimum absolute atomic E-state index is 0.0623. The largest absolute Gasteiger partial charge is 0.481 e. The number of rotatable bonds is 6. The summed E-state index contributed by atoms with van der Waals surface area (Å²) in [5, 5.41) is 11.4. The third-order valence-electron chi connectivity index (χ3n) is 4.80. The Labute approximate surface area is 152 Å². The molecule has 2 amide bonds. The number of hydrogen-bond acceptors (Lipinski definition) is 3. The number of carboxylic acids is 1. The Hall–Kier alpha value is -2.44. The van der Waals surface area contributed by atoms with E-state index in [1.54, 1.807) is 4.90 Å². The van der Waals surface area contributed by atoms with Crippen LogP contribution in [0.1, 0.15) is 38.7 Å². The highest BCUT2D eigenvalue weighted by atomic mass is 19.1. The van der Waals surface area contributed by atoms with Gasteiger partial charge in [-0.05, 0) is 37.0 Å². The van der Waals surface area contributed by atoms with Gasteiger partial charge in [0.05, 0.1) is 12.3 Å². The number of likely N-dealkylation sites (tertiary alicyclic amines) is 1. The van der Waals surface area contributed by atoms with Crippen LogP contribution in [0.15, 0.2) is 18.2 Å². The average molecular weight is 364 g/mol. The van der Waals surface area contributed by atoms with Crippen LogP contribution < -0.4 is 5.32 Å². The molecule has 1 fully saturated rings. The normalized spacial score (nSPS) is 18.3. The van der Waals surface area contributed by atoms with Crippen molar-refractivity contribution in [2.24, 2.45) is 11.8 Å². The van der Waals surface area contributed by atoms with Gasteiger partial charge in [-0.25, -0.2) is 4.39 Å². The van der Waals surface area contributed by atoms with Gasteiger partial charge >= 0.3 is 5.97 Å². The minimum atomic E-state index is -1.12. The Morgan fingerprint density at radius 2 is 2.12 bits per heavy atom. The standard InChI is InChI=1S/C19H25FN2O4/c1-3-12(2)19(26)22-8-4-5-14(11-22)18(25)21-15-7-6-13(9-17(23)24)16(20)10-15/h6-7,10,12,14H,3-5,8-9,11H2,1-2H3,(H,21,25)(H,23,24). The molecule has 1 aromatic carbocycles. The molecule has 1 aromatic rings. The van der Waals surface area contributed by atoms with Gasteiger partial charge in [0, 0.05) is 24.7 Å². The molecule has 0 aromatic heterocycles. The van der Waals surface area contributed by atoms with Gasteiger partial charge in [-0.2, -0.15) is 0 Å². The molecule has 6 nitrogen and oxygen atoms in total. The van der Waals surface area contributed by atoms with Crippen LogP contribution in [0.5, 0.6) is 0 Å². The number of anilines is 1. The second kappa shape index (κ2) is 8.78. The van der Waals surface area contributed by atoms with E-state index in [2.05, 4.69) is 5.32 Å². The molecule has 2 N–H and O–H groups in total. The zero-order chi connectivity index (χ0) is 19.3. The fourth-order valence-corrected chi connectivity index (χ4v) is 3.05. The molecule has 0 spiro atoms. The molecule has 1 aliphatic rings. The first-order valence-corrected chi connectivity index (χ1v) is 8.91. The lowest BCUT2D eigenvalue weighted by atomic mass is 9.95. The molecule has 2 unspecified atom stereocenters.